The first kappa shape index (κ1) is 11.0. The van der Waals surface area contributed by atoms with Gasteiger partial charge < -0.3 is 11.1 Å². The Labute approximate surface area is 98.2 Å². The van der Waals surface area contributed by atoms with Crippen molar-refractivity contribution >= 4 is 27.4 Å². The Morgan fingerprint density at radius 2 is 2.31 bits per heavy atom. The number of nitrogens with one attached hydrogen (secondary N) is 1. The first-order chi connectivity index (χ1) is 7.83. The molecular weight excluding hydrogens is 220 g/mol. The summed E-state index contributed by atoms with van der Waals surface area (Å²) in [5.74, 6) is 0.893. The van der Waals surface area contributed by atoms with E-state index in [0.717, 1.165) is 22.6 Å². The lowest BCUT2D eigenvalue weighted by Crippen LogP contribution is -2.02. The van der Waals surface area contributed by atoms with Crippen molar-refractivity contribution < 1.29 is 0 Å². The highest BCUT2D eigenvalue weighted by Gasteiger charge is 2.06. The van der Waals surface area contributed by atoms with Crippen molar-refractivity contribution in [3.05, 3.63) is 29.4 Å². The Kier molecular flexibility index (Phi) is 3.48. The molecule has 2 aromatic heterocycles. The van der Waals surface area contributed by atoms with Crippen LogP contribution in [0.1, 0.15) is 5.56 Å². The summed E-state index contributed by atoms with van der Waals surface area (Å²) in [6, 6.07) is 0. The molecule has 5 heteroatoms. The van der Waals surface area contributed by atoms with E-state index in [0.29, 0.717) is 6.54 Å². The van der Waals surface area contributed by atoms with Crippen LogP contribution in [0.15, 0.2) is 23.9 Å². The number of nitrogens with two attached hydrogens (primary N) is 1. The smallest absolute Gasteiger partial charge is 0.147 e. The molecule has 0 fully saturated rings. The summed E-state index contributed by atoms with van der Waals surface area (Å²) in [6.07, 6.45) is 5.51. The summed E-state index contributed by atoms with van der Waals surface area (Å²) in [5, 5.41) is 5.35. The largest absolute Gasteiger partial charge is 0.365 e. The van der Waals surface area contributed by atoms with E-state index >= 15 is 0 Å². The molecule has 0 radical (unpaired) electrons. The predicted molar refractivity (Wildman–Crippen MR) is 68.8 cm³/mol. The van der Waals surface area contributed by atoms with Crippen LogP contribution in [0.3, 0.4) is 0 Å². The van der Waals surface area contributed by atoms with Gasteiger partial charge in [0.1, 0.15) is 12.1 Å². The quantitative estimate of drug-likeness (QED) is 0.793. The molecule has 2 rings (SSSR count). The van der Waals surface area contributed by atoms with Gasteiger partial charge in [-0.2, -0.15) is 0 Å². The number of thiophene rings is 1. The van der Waals surface area contributed by atoms with Gasteiger partial charge in [0.25, 0.3) is 0 Å². The van der Waals surface area contributed by atoms with E-state index in [4.69, 9.17) is 5.73 Å². The molecule has 0 atom stereocenters. The number of fused-ring (bicyclic) bond motifs is 1. The molecule has 2 aromatic rings. The Morgan fingerprint density at radius 3 is 3.12 bits per heavy atom. The highest BCUT2D eigenvalue weighted by atomic mass is 32.1. The van der Waals surface area contributed by atoms with Gasteiger partial charge in [0.05, 0.1) is 10.2 Å². The van der Waals surface area contributed by atoms with Gasteiger partial charge in [0.2, 0.25) is 0 Å². The predicted octanol–water partition coefficient (Wildman–Crippen LogP) is 1.93. The monoisotopic (exact) mass is 234 g/mol. The first-order valence-corrected chi connectivity index (χ1v) is 5.98. The third-order valence-corrected chi connectivity index (χ3v) is 3.31. The molecule has 0 unspecified atom stereocenters. The van der Waals surface area contributed by atoms with Gasteiger partial charge in [-0.3, -0.25) is 0 Å². The summed E-state index contributed by atoms with van der Waals surface area (Å²) < 4.78 is 1.11. The van der Waals surface area contributed by atoms with Crippen molar-refractivity contribution in [3.63, 3.8) is 0 Å². The topological polar surface area (TPSA) is 63.8 Å². The Morgan fingerprint density at radius 1 is 1.44 bits per heavy atom. The molecule has 0 aliphatic heterocycles. The summed E-state index contributed by atoms with van der Waals surface area (Å²) in [7, 11) is 0. The van der Waals surface area contributed by atoms with Crippen LogP contribution in [-0.4, -0.2) is 23.1 Å². The molecular formula is C11H14N4S. The average molecular weight is 234 g/mol. The van der Waals surface area contributed by atoms with Gasteiger partial charge >= 0.3 is 0 Å². The lowest BCUT2D eigenvalue weighted by molar-refractivity contribution is 1.17. The van der Waals surface area contributed by atoms with Crippen LogP contribution in [0.25, 0.3) is 10.2 Å². The van der Waals surface area contributed by atoms with E-state index < -0.39 is 0 Å². The van der Waals surface area contributed by atoms with Gasteiger partial charge in [0, 0.05) is 13.1 Å². The summed E-state index contributed by atoms with van der Waals surface area (Å²) in [6.45, 7) is 3.36. The highest BCUT2D eigenvalue weighted by molar-refractivity contribution is 7.18. The molecule has 84 valence electrons. The maximum absolute atomic E-state index is 5.36. The minimum atomic E-state index is 0.568. The molecule has 0 aliphatic rings. The van der Waals surface area contributed by atoms with Gasteiger partial charge in [-0.25, -0.2) is 9.97 Å². The fraction of sp³-hybridized carbons (Fsp3) is 0.273. The van der Waals surface area contributed by atoms with E-state index in [1.54, 1.807) is 17.7 Å². The average Bonchev–Trinajstić information content (AvgIpc) is 2.68. The number of rotatable bonds is 4. The van der Waals surface area contributed by atoms with Crippen LogP contribution in [-0.2, 0) is 0 Å². The molecule has 0 amide bonds. The van der Waals surface area contributed by atoms with Crippen molar-refractivity contribution in [2.24, 2.45) is 5.73 Å². The number of nitrogens with zero attached hydrogens (tertiary/aromatic N) is 2. The van der Waals surface area contributed by atoms with Crippen molar-refractivity contribution in [2.75, 3.05) is 18.4 Å². The van der Waals surface area contributed by atoms with Crippen LogP contribution in [0.2, 0.25) is 0 Å². The van der Waals surface area contributed by atoms with Crippen molar-refractivity contribution in [1.29, 1.82) is 0 Å². The second-order valence-electron chi connectivity index (χ2n) is 3.41. The fourth-order valence-corrected chi connectivity index (χ4v) is 2.40. The lowest BCUT2D eigenvalue weighted by Gasteiger charge is -2.02. The van der Waals surface area contributed by atoms with Gasteiger partial charge in [-0.05, 0) is 17.9 Å². The Hall–Kier alpha value is -1.46. The molecule has 0 saturated heterocycles. The first-order valence-electron chi connectivity index (χ1n) is 5.10. The molecule has 3 N–H and O–H groups in total. The Balaban J connectivity index is 2.20. The third kappa shape index (κ3) is 2.20. The second kappa shape index (κ2) is 5.05. The molecule has 4 nitrogen and oxygen atoms in total. The minimum Gasteiger partial charge on any atom is -0.365 e. The van der Waals surface area contributed by atoms with Crippen LogP contribution >= 0.6 is 11.3 Å². The summed E-state index contributed by atoms with van der Waals surface area (Å²) in [4.78, 5) is 8.51. The van der Waals surface area contributed by atoms with Crippen LogP contribution < -0.4 is 11.1 Å². The summed E-state index contributed by atoms with van der Waals surface area (Å²) in [5.41, 5.74) is 7.59. The van der Waals surface area contributed by atoms with Gasteiger partial charge in [0.15, 0.2) is 0 Å². The molecule has 16 heavy (non-hydrogen) atoms. The maximum atomic E-state index is 5.36. The number of hydrogen-bond acceptors (Lipinski definition) is 5. The van der Waals surface area contributed by atoms with Crippen LogP contribution in [0, 0.1) is 6.92 Å². The second-order valence-corrected chi connectivity index (χ2v) is 4.29. The van der Waals surface area contributed by atoms with Crippen LogP contribution in [0.5, 0.6) is 0 Å². The number of hydrogen-bond donors (Lipinski definition) is 2. The SMILES string of the molecule is Cc1csc2c(NC/C=C/CN)ncnc12. The fourth-order valence-electron chi connectivity index (χ4n) is 1.43. The van der Waals surface area contributed by atoms with E-state index in [-0.39, 0.29) is 0 Å². The van der Waals surface area contributed by atoms with E-state index in [2.05, 4.69) is 27.6 Å². The van der Waals surface area contributed by atoms with Gasteiger partial charge in [-0.15, -0.1) is 11.3 Å². The van der Waals surface area contributed by atoms with Crippen molar-refractivity contribution in [1.82, 2.24) is 9.97 Å². The minimum absolute atomic E-state index is 0.568. The molecule has 0 spiro atoms. The molecule has 0 aliphatic carbocycles. The summed E-state index contributed by atoms with van der Waals surface area (Å²) >= 11 is 1.67. The zero-order chi connectivity index (χ0) is 11.4. The normalized spacial score (nSPS) is 11.4. The third-order valence-electron chi connectivity index (χ3n) is 2.22. The molecule has 0 bridgehead atoms. The van der Waals surface area contributed by atoms with Crippen molar-refractivity contribution in [2.45, 2.75) is 6.92 Å². The van der Waals surface area contributed by atoms with E-state index in [9.17, 15) is 0 Å². The number of aryl methyl sites for hydroxylation is 1. The van der Waals surface area contributed by atoms with Gasteiger partial charge in [-0.1, -0.05) is 12.2 Å². The zero-order valence-electron chi connectivity index (χ0n) is 9.10. The molecule has 0 saturated carbocycles. The van der Waals surface area contributed by atoms with Crippen LogP contribution in [0.4, 0.5) is 5.82 Å². The standard InChI is InChI=1S/C11H14N4S/c1-8-6-16-10-9(8)14-7-15-11(10)13-5-3-2-4-12/h2-3,6-7H,4-5,12H2,1H3,(H,13,14,15)/b3-2+. The maximum Gasteiger partial charge on any atom is 0.147 e. The Bertz CT molecular complexity index is 504. The number of anilines is 1. The highest BCUT2D eigenvalue weighted by Crippen LogP contribution is 2.28. The zero-order valence-corrected chi connectivity index (χ0v) is 9.92. The molecule has 2 heterocycles. The van der Waals surface area contributed by atoms with Crippen molar-refractivity contribution in [3.8, 4) is 0 Å². The number of aromatic nitrogens is 2. The lowest BCUT2D eigenvalue weighted by atomic mass is 10.3. The van der Waals surface area contributed by atoms with E-state index in [1.165, 1.54) is 5.56 Å². The molecule has 0 aromatic carbocycles. The van der Waals surface area contributed by atoms with E-state index in [1.807, 2.05) is 12.2 Å².